The molecule has 0 saturated carbocycles. The first-order valence-corrected chi connectivity index (χ1v) is 7.21. The van der Waals surface area contributed by atoms with Crippen LogP contribution in [0.25, 0.3) is 22.6 Å². The summed E-state index contributed by atoms with van der Waals surface area (Å²) in [5.74, 6) is 0.695. The molecule has 1 aromatic carbocycles. The normalized spacial score (nSPS) is 10.4. The summed E-state index contributed by atoms with van der Waals surface area (Å²) in [6.45, 7) is 0.193. The van der Waals surface area contributed by atoms with E-state index in [1.807, 2.05) is 41.0 Å². The van der Waals surface area contributed by atoms with Gasteiger partial charge in [-0.3, -0.25) is 9.36 Å². The number of carbonyl (C=O) groups is 1. The molecule has 2 heterocycles. The van der Waals surface area contributed by atoms with E-state index in [2.05, 4.69) is 9.97 Å². The van der Waals surface area contributed by atoms with Crippen LogP contribution in [0.3, 0.4) is 0 Å². The van der Waals surface area contributed by atoms with E-state index < -0.39 is 0 Å². The highest BCUT2D eigenvalue weighted by atomic mass is 35.5. The highest BCUT2D eigenvalue weighted by Gasteiger charge is 2.16. The van der Waals surface area contributed by atoms with Crippen molar-refractivity contribution in [3.63, 3.8) is 0 Å². The summed E-state index contributed by atoms with van der Waals surface area (Å²) >= 11 is 5.94. The molecular weight excluding hydrogens is 335 g/mol. The molecule has 3 rings (SSSR count). The first kappa shape index (κ1) is 17.2. The van der Waals surface area contributed by atoms with Crippen molar-refractivity contribution < 1.29 is 4.79 Å². The van der Waals surface area contributed by atoms with Crippen LogP contribution in [-0.2, 0) is 11.3 Å². The van der Waals surface area contributed by atoms with Gasteiger partial charge in [-0.1, -0.05) is 11.6 Å². The molecule has 0 spiro atoms. The molecule has 120 valence electrons. The minimum absolute atomic E-state index is 0. The molecule has 5 nitrogen and oxygen atoms in total. The number of likely N-dealkylation sites (N-methyl/N-ethyl adjacent to an activating group) is 1. The minimum atomic E-state index is -0.0137. The van der Waals surface area contributed by atoms with Crippen molar-refractivity contribution in [3.8, 4) is 11.4 Å². The van der Waals surface area contributed by atoms with Gasteiger partial charge in [0.2, 0.25) is 5.91 Å². The molecule has 0 bridgehead atoms. The molecule has 0 aliphatic carbocycles. The number of fused-ring (bicyclic) bond motifs is 1. The summed E-state index contributed by atoms with van der Waals surface area (Å²) in [5.41, 5.74) is 2.36. The van der Waals surface area contributed by atoms with Gasteiger partial charge in [0.05, 0.1) is 0 Å². The topological polar surface area (TPSA) is 51.0 Å². The Morgan fingerprint density at radius 3 is 2.57 bits per heavy atom. The van der Waals surface area contributed by atoms with E-state index >= 15 is 0 Å². The Kier molecular flexibility index (Phi) is 5.23. The van der Waals surface area contributed by atoms with Crippen LogP contribution in [0.5, 0.6) is 0 Å². The third-order valence-corrected chi connectivity index (χ3v) is 3.65. The number of hydrogen-bond acceptors (Lipinski definition) is 3. The third-order valence-electron chi connectivity index (χ3n) is 3.40. The molecule has 0 N–H and O–H groups in total. The molecule has 0 unspecified atom stereocenters. The van der Waals surface area contributed by atoms with Crippen molar-refractivity contribution >= 4 is 41.1 Å². The number of nitrogens with zero attached hydrogens (tertiary/aromatic N) is 4. The smallest absolute Gasteiger partial charge is 0.242 e. The zero-order chi connectivity index (χ0) is 15.7. The molecule has 0 aliphatic heterocycles. The van der Waals surface area contributed by atoms with Crippen LogP contribution in [0.2, 0.25) is 5.02 Å². The number of benzene rings is 1. The number of aromatic nitrogens is 3. The fourth-order valence-corrected chi connectivity index (χ4v) is 2.33. The molecular formula is C16H16Cl2N4O. The quantitative estimate of drug-likeness (QED) is 0.728. The van der Waals surface area contributed by atoms with Crippen molar-refractivity contribution in [2.24, 2.45) is 0 Å². The van der Waals surface area contributed by atoms with Gasteiger partial charge in [0, 0.05) is 30.9 Å². The van der Waals surface area contributed by atoms with Crippen molar-refractivity contribution in [2.75, 3.05) is 14.1 Å². The molecule has 3 aromatic rings. The summed E-state index contributed by atoms with van der Waals surface area (Å²) in [4.78, 5) is 22.6. The second kappa shape index (κ2) is 6.98. The molecule has 0 fully saturated rings. The molecule has 2 aromatic heterocycles. The Morgan fingerprint density at radius 2 is 1.91 bits per heavy atom. The summed E-state index contributed by atoms with van der Waals surface area (Å²) in [6, 6.07) is 11.1. The van der Waals surface area contributed by atoms with Crippen molar-refractivity contribution in [1.82, 2.24) is 19.4 Å². The van der Waals surface area contributed by atoms with Crippen LogP contribution < -0.4 is 0 Å². The van der Waals surface area contributed by atoms with E-state index in [4.69, 9.17) is 11.6 Å². The van der Waals surface area contributed by atoms with E-state index in [1.54, 1.807) is 25.2 Å². The Bertz CT molecular complexity index is 828. The molecule has 23 heavy (non-hydrogen) atoms. The highest BCUT2D eigenvalue weighted by molar-refractivity contribution is 6.30. The van der Waals surface area contributed by atoms with Crippen LogP contribution in [0.4, 0.5) is 0 Å². The molecule has 7 heteroatoms. The maximum Gasteiger partial charge on any atom is 0.242 e. The Labute approximate surface area is 145 Å². The second-order valence-corrected chi connectivity index (χ2v) is 5.60. The third kappa shape index (κ3) is 3.46. The lowest BCUT2D eigenvalue weighted by Gasteiger charge is -2.13. The number of amides is 1. The average molecular weight is 351 g/mol. The van der Waals surface area contributed by atoms with Gasteiger partial charge in [0.15, 0.2) is 5.65 Å². The largest absolute Gasteiger partial charge is 0.347 e. The standard InChI is InChI=1S/C16H15ClN4O.ClH/c1-20(2)14(22)10-21-15(11-5-7-12(17)8-6-11)19-13-4-3-9-18-16(13)21;/h3-9H,10H2,1-2H3;1H. The van der Waals surface area contributed by atoms with E-state index in [9.17, 15) is 4.79 Å². The number of carbonyl (C=O) groups excluding carboxylic acids is 1. The lowest BCUT2D eigenvalue weighted by atomic mass is 10.2. The number of imidazole rings is 1. The monoisotopic (exact) mass is 350 g/mol. The van der Waals surface area contributed by atoms with Gasteiger partial charge in [0.25, 0.3) is 0 Å². The van der Waals surface area contributed by atoms with Gasteiger partial charge >= 0.3 is 0 Å². The first-order chi connectivity index (χ1) is 10.6. The second-order valence-electron chi connectivity index (χ2n) is 5.16. The predicted molar refractivity (Wildman–Crippen MR) is 93.9 cm³/mol. The molecule has 0 atom stereocenters. The van der Waals surface area contributed by atoms with Gasteiger partial charge in [-0.25, -0.2) is 9.97 Å². The number of hydrogen-bond donors (Lipinski definition) is 0. The number of halogens is 2. The van der Waals surface area contributed by atoms with Crippen molar-refractivity contribution in [1.29, 1.82) is 0 Å². The summed E-state index contributed by atoms with van der Waals surface area (Å²) in [5, 5.41) is 0.661. The summed E-state index contributed by atoms with van der Waals surface area (Å²) < 4.78 is 1.83. The fourth-order valence-electron chi connectivity index (χ4n) is 2.20. The van der Waals surface area contributed by atoms with Gasteiger partial charge in [-0.15, -0.1) is 12.4 Å². The van der Waals surface area contributed by atoms with Crippen LogP contribution in [0.15, 0.2) is 42.6 Å². The highest BCUT2D eigenvalue weighted by Crippen LogP contribution is 2.25. The Balaban J connectivity index is 0.00000192. The zero-order valence-corrected chi connectivity index (χ0v) is 14.3. The summed E-state index contributed by atoms with van der Waals surface area (Å²) in [7, 11) is 3.47. The minimum Gasteiger partial charge on any atom is -0.347 e. The Hall–Kier alpha value is -2.11. The van der Waals surface area contributed by atoms with Gasteiger partial charge in [-0.05, 0) is 36.4 Å². The molecule has 0 aliphatic rings. The lowest BCUT2D eigenvalue weighted by molar-refractivity contribution is -0.129. The van der Waals surface area contributed by atoms with E-state index in [1.165, 1.54) is 0 Å². The molecule has 0 saturated heterocycles. The van der Waals surface area contributed by atoms with Crippen molar-refractivity contribution in [2.45, 2.75) is 6.54 Å². The maximum absolute atomic E-state index is 12.1. The number of pyridine rings is 1. The maximum atomic E-state index is 12.1. The van der Waals surface area contributed by atoms with Gasteiger partial charge < -0.3 is 4.90 Å². The zero-order valence-electron chi connectivity index (χ0n) is 12.7. The predicted octanol–water partition coefficient (Wildman–Crippen LogP) is 3.26. The van der Waals surface area contributed by atoms with E-state index in [0.29, 0.717) is 16.5 Å². The van der Waals surface area contributed by atoms with Gasteiger partial charge in [0.1, 0.15) is 17.9 Å². The summed E-state index contributed by atoms with van der Waals surface area (Å²) in [6.07, 6.45) is 1.70. The molecule has 1 amide bonds. The van der Waals surface area contributed by atoms with Crippen LogP contribution in [0, 0.1) is 0 Å². The lowest BCUT2D eigenvalue weighted by Crippen LogP contribution is -2.26. The average Bonchev–Trinajstić information content (AvgIpc) is 2.87. The fraction of sp³-hybridized carbons (Fsp3) is 0.188. The van der Waals surface area contributed by atoms with Crippen molar-refractivity contribution in [3.05, 3.63) is 47.6 Å². The molecule has 0 radical (unpaired) electrons. The van der Waals surface area contributed by atoms with Gasteiger partial charge in [-0.2, -0.15) is 0 Å². The SMILES string of the molecule is CN(C)C(=O)Cn1c(-c2ccc(Cl)cc2)nc2cccnc21.Cl. The van der Waals surface area contributed by atoms with Crippen LogP contribution in [0.1, 0.15) is 0 Å². The van der Waals surface area contributed by atoms with Crippen LogP contribution in [-0.4, -0.2) is 39.4 Å². The van der Waals surface area contributed by atoms with E-state index in [0.717, 1.165) is 11.1 Å². The van der Waals surface area contributed by atoms with Crippen LogP contribution >= 0.6 is 24.0 Å². The Morgan fingerprint density at radius 1 is 1.22 bits per heavy atom. The van der Waals surface area contributed by atoms with E-state index in [-0.39, 0.29) is 24.9 Å². The number of rotatable bonds is 3. The first-order valence-electron chi connectivity index (χ1n) is 6.83.